The number of hydrogen-bond acceptors (Lipinski definition) is 2. The summed E-state index contributed by atoms with van der Waals surface area (Å²) in [6.07, 6.45) is 10.7. The predicted molar refractivity (Wildman–Crippen MR) is 72.5 cm³/mol. The molecular formula is C15H27NO2. The van der Waals surface area contributed by atoms with Crippen molar-refractivity contribution in [3.05, 3.63) is 0 Å². The molecule has 0 aromatic heterocycles. The standard InChI is InChI=1S/C15H27NO2/c1-15(2,12-8-6-7-9-12)18-14(17)16-13-10-4-3-5-11-13/h12-13H,3-11H2,1-2H3,(H,16,17). The molecule has 0 atom stereocenters. The second-order valence-corrected chi connectivity index (χ2v) is 6.45. The van der Waals surface area contributed by atoms with Gasteiger partial charge in [-0.25, -0.2) is 4.79 Å². The number of ether oxygens (including phenoxy) is 1. The molecule has 0 spiro atoms. The van der Waals surface area contributed by atoms with Gasteiger partial charge >= 0.3 is 6.09 Å². The third kappa shape index (κ3) is 3.63. The first-order valence-corrected chi connectivity index (χ1v) is 7.57. The Morgan fingerprint density at radius 1 is 1.00 bits per heavy atom. The van der Waals surface area contributed by atoms with Crippen molar-refractivity contribution in [1.82, 2.24) is 5.32 Å². The van der Waals surface area contributed by atoms with Crippen LogP contribution in [0.1, 0.15) is 71.6 Å². The molecule has 0 aromatic rings. The molecule has 0 saturated heterocycles. The van der Waals surface area contributed by atoms with E-state index in [4.69, 9.17) is 4.74 Å². The van der Waals surface area contributed by atoms with Crippen molar-refractivity contribution in [2.75, 3.05) is 0 Å². The first kappa shape index (κ1) is 13.7. The summed E-state index contributed by atoms with van der Waals surface area (Å²) in [6.45, 7) is 4.12. The van der Waals surface area contributed by atoms with Crippen LogP contribution in [-0.2, 0) is 4.74 Å². The molecule has 0 aromatic carbocycles. The highest BCUT2D eigenvalue weighted by atomic mass is 16.6. The van der Waals surface area contributed by atoms with Gasteiger partial charge in [-0.2, -0.15) is 0 Å². The molecular weight excluding hydrogens is 226 g/mol. The maximum atomic E-state index is 12.0. The Morgan fingerprint density at radius 3 is 2.17 bits per heavy atom. The fraction of sp³-hybridized carbons (Fsp3) is 0.933. The molecule has 104 valence electrons. The van der Waals surface area contributed by atoms with E-state index in [2.05, 4.69) is 19.2 Å². The summed E-state index contributed by atoms with van der Waals surface area (Å²) in [7, 11) is 0. The van der Waals surface area contributed by atoms with Crippen LogP contribution in [0.5, 0.6) is 0 Å². The number of rotatable bonds is 3. The monoisotopic (exact) mass is 253 g/mol. The van der Waals surface area contributed by atoms with Crippen molar-refractivity contribution in [1.29, 1.82) is 0 Å². The van der Waals surface area contributed by atoms with Gasteiger partial charge in [0.2, 0.25) is 0 Å². The average Bonchev–Trinajstić information content (AvgIpc) is 2.83. The summed E-state index contributed by atoms with van der Waals surface area (Å²) in [5.41, 5.74) is -0.310. The molecule has 0 heterocycles. The lowest BCUT2D eigenvalue weighted by Gasteiger charge is -2.32. The smallest absolute Gasteiger partial charge is 0.407 e. The molecule has 2 rings (SSSR count). The molecule has 2 saturated carbocycles. The average molecular weight is 253 g/mol. The first-order chi connectivity index (χ1) is 8.58. The highest BCUT2D eigenvalue weighted by molar-refractivity contribution is 5.68. The molecule has 2 aliphatic carbocycles. The van der Waals surface area contributed by atoms with Crippen LogP contribution in [0.15, 0.2) is 0 Å². The van der Waals surface area contributed by atoms with Gasteiger partial charge in [0.25, 0.3) is 0 Å². The molecule has 0 bridgehead atoms. The molecule has 0 radical (unpaired) electrons. The summed E-state index contributed by atoms with van der Waals surface area (Å²) < 4.78 is 5.67. The van der Waals surface area contributed by atoms with Gasteiger partial charge in [-0.3, -0.25) is 0 Å². The Labute approximate surface area is 111 Å². The van der Waals surface area contributed by atoms with Crippen LogP contribution in [-0.4, -0.2) is 17.7 Å². The van der Waals surface area contributed by atoms with Crippen LogP contribution in [0.3, 0.4) is 0 Å². The van der Waals surface area contributed by atoms with E-state index in [0.717, 1.165) is 12.8 Å². The van der Waals surface area contributed by atoms with Crippen molar-refractivity contribution < 1.29 is 9.53 Å². The van der Waals surface area contributed by atoms with Gasteiger partial charge in [-0.15, -0.1) is 0 Å². The van der Waals surface area contributed by atoms with E-state index in [1.807, 2.05) is 0 Å². The zero-order valence-electron chi connectivity index (χ0n) is 11.8. The molecule has 3 nitrogen and oxygen atoms in total. The number of nitrogens with one attached hydrogen (secondary N) is 1. The highest BCUT2D eigenvalue weighted by Gasteiger charge is 2.35. The summed E-state index contributed by atoms with van der Waals surface area (Å²) in [5.74, 6) is 0.537. The molecule has 2 aliphatic rings. The second-order valence-electron chi connectivity index (χ2n) is 6.45. The zero-order chi connectivity index (χ0) is 13.0. The first-order valence-electron chi connectivity index (χ1n) is 7.57. The maximum absolute atomic E-state index is 12.0. The number of amides is 1. The normalized spacial score (nSPS) is 23.0. The summed E-state index contributed by atoms with van der Waals surface area (Å²) >= 11 is 0. The Balaban J connectivity index is 1.78. The van der Waals surface area contributed by atoms with Gasteiger partial charge in [0.05, 0.1) is 0 Å². The van der Waals surface area contributed by atoms with Gasteiger partial charge in [-0.05, 0) is 45.4 Å². The lowest BCUT2D eigenvalue weighted by molar-refractivity contribution is -0.00609. The summed E-state index contributed by atoms with van der Waals surface area (Å²) in [6, 6.07) is 0.339. The molecule has 2 fully saturated rings. The topological polar surface area (TPSA) is 38.3 Å². The molecule has 1 amide bonds. The van der Waals surface area contributed by atoms with Crippen LogP contribution in [0.2, 0.25) is 0 Å². The Morgan fingerprint density at radius 2 is 1.56 bits per heavy atom. The fourth-order valence-electron chi connectivity index (χ4n) is 3.39. The number of hydrogen-bond donors (Lipinski definition) is 1. The SMILES string of the molecule is CC(C)(OC(=O)NC1CCCCC1)C1CCCC1. The second kappa shape index (κ2) is 5.94. The fourth-order valence-corrected chi connectivity index (χ4v) is 3.39. The molecule has 18 heavy (non-hydrogen) atoms. The maximum Gasteiger partial charge on any atom is 0.407 e. The van der Waals surface area contributed by atoms with Crippen molar-refractivity contribution >= 4 is 6.09 Å². The van der Waals surface area contributed by atoms with Crippen LogP contribution >= 0.6 is 0 Å². The zero-order valence-corrected chi connectivity index (χ0v) is 11.8. The Kier molecular flexibility index (Phi) is 4.52. The Bertz CT molecular complexity index is 276. The van der Waals surface area contributed by atoms with Crippen molar-refractivity contribution in [3.8, 4) is 0 Å². The Hall–Kier alpha value is -0.730. The van der Waals surface area contributed by atoms with E-state index >= 15 is 0 Å². The van der Waals surface area contributed by atoms with E-state index in [1.54, 1.807) is 0 Å². The van der Waals surface area contributed by atoms with Gasteiger partial charge < -0.3 is 10.1 Å². The van der Waals surface area contributed by atoms with Crippen LogP contribution in [0.25, 0.3) is 0 Å². The summed E-state index contributed by atoms with van der Waals surface area (Å²) in [4.78, 5) is 12.0. The van der Waals surface area contributed by atoms with E-state index in [0.29, 0.717) is 12.0 Å². The van der Waals surface area contributed by atoms with Crippen LogP contribution in [0, 0.1) is 5.92 Å². The third-order valence-corrected chi connectivity index (χ3v) is 4.62. The highest BCUT2D eigenvalue weighted by Crippen LogP contribution is 2.36. The molecule has 0 unspecified atom stereocenters. The van der Waals surface area contributed by atoms with E-state index in [1.165, 1.54) is 44.9 Å². The number of alkyl carbamates (subject to hydrolysis) is 1. The number of carbonyl (C=O) groups is 1. The molecule has 1 N–H and O–H groups in total. The molecule has 3 heteroatoms. The largest absolute Gasteiger partial charge is 0.443 e. The minimum absolute atomic E-state index is 0.209. The number of carbonyl (C=O) groups excluding carboxylic acids is 1. The summed E-state index contributed by atoms with van der Waals surface area (Å²) in [5, 5.41) is 3.04. The van der Waals surface area contributed by atoms with Gasteiger partial charge in [-0.1, -0.05) is 32.1 Å². The molecule has 0 aliphatic heterocycles. The third-order valence-electron chi connectivity index (χ3n) is 4.62. The van der Waals surface area contributed by atoms with E-state index < -0.39 is 0 Å². The lowest BCUT2D eigenvalue weighted by Crippen LogP contribution is -2.43. The van der Waals surface area contributed by atoms with Crippen molar-refractivity contribution in [2.24, 2.45) is 5.92 Å². The quantitative estimate of drug-likeness (QED) is 0.825. The van der Waals surface area contributed by atoms with E-state index in [-0.39, 0.29) is 11.7 Å². The lowest BCUT2D eigenvalue weighted by atomic mass is 9.89. The minimum Gasteiger partial charge on any atom is -0.443 e. The predicted octanol–water partition coefficient (Wildman–Crippen LogP) is 4.01. The van der Waals surface area contributed by atoms with Crippen LogP contribution in [0.4, 0.5) is 4.79 Å². The van der Waals surface area contributed by atoms with E-state index in [9.17, 15) is 4.79 Å². The van der Waals surface area contributed by atoms with Gasteiger partial charge in [0, 0.05) is 6.04 Å². The minimum atomic E-state index is -0.310. The van der Waals surface area contributed by atoms with Gasteiger partial charge in [0.1, 0.15) is 5.60 Å². The van der Waals surface area contributed by atoms with Crippen LogP contribution < -0.4 is 5.32 Å². The van der Waals surface area contributed by atoms with Crippen molar-refractivity contribution in [2.45, 2.75) is 83.3 Å². The van der Waals surface area contributed by atoms with Crippen molar-refractivity contribution in [3.63, 3.8) is 0 Å². The van der Waals surface area contributed by atoms with Gasteiger partial charge in [0.15, 0.2) is 0 Å².